The fourth-order valence-electron chi connectivity index (χ4n) is 3.63. The molecule has 1 unspecified atom stereocenters. The number of hydrogen-bond acceptors (Lipinski definition) is 7. The minimum atomic E-state index is -0.933. The Morgan fingerprint density at radius 1 is 1.42 bits per heavy atom. The van der Waals surface area contributed by atoms with Gasteiger partial charge >= 0.3 is 0 Å². The quantitative estimate of drug-likeness (QED) is 0.870. The number of amidine groups is 1. The van der Waals surface area contributed by atoms with Crippen molar-refractivity contribution < 1.29 is 13.7 Å². The highest BCUT2D eigenvalue weighted by Crippen LogP contribution is 2.49. The molecule has 0 saturated carbocycles. The molecule has 1 fully saturated rings. The van der Waals surface area contributed by atoms with E-state index in [2.05, 4.69) is 16.2 Å². The van der Waals surface area contributed by atoms with Crippen LogP contribution in [0.3, 0.4) is 0 Å². The van der Waals surface area contributed by atoms with Crippen molar-refractivity contribution in [3.8, 4) is 6.07 Å². The lowest BCUT2D eigenvalue weighted by Gasteiger charge is -2.45. The third-order valence-electron chi connectivity index (χ3n) is 4.95. The number of rotatable bonds is 2. The number of hydrogen-bond donors (Lipinski definition) is 1. The van der Waals surface area contributed by atoms with Crippen LogP contribution in [0.2, 0.25) is 0 Å². The highest BCUT2D eigenvalue weighted by atomic mass is 32.2. The van der Waals surface area contributed by atoms with E-state index in [1.165, 1.54) is 23.9 Å². The van der Waals surface area contributed by atoms with Crippen LogP contribution in [0.5, 0.6) is 0 Å². The Balaban J connectivity index is 1.75. The van der Waals surface area contributed by atoms with E-state index in [1.807, 2.05) is 13.0 Å². The number of aryl methyl sites for hydroxylation is 1. The Hall–Kier alpha value is -2.37. The van der Waals surface area contributed by atoms with E-state index in [0.717, 1.165) is 5.69 Å². The average Bonchev–Trinajstić information content (AvgIpc) is 3.08. The summed E-state index contributed by atoms with van der Waals surface area (Å²) in [6, 6.07) is 8.22. The molecular weight excluding hydrogens is 355 g/mol. The third kappa shape index (κ3) is 2.77. The van der Waals surface area contributed by atoms with Gasteiger partial charge in [0.15, 0.2) is 10.9 Å². The fourth-order valence-corrected chi connectivity index (χ4v) is 4.64. The van der Waals surface area contributed by atoms with Crippen molar-refractivity contribution in [2.24, 2.45) is 16.6 Å². The summed E-state index contributed by atoms with van der Waals surface area (Å²) in [6.45, 7) is 2.01. The number of aromatic nitrogens is 1. The molecule has 2 aliphatic rings. The molecule has 8 heteroatoms. The first-order valence-electron chi connectivity index (χ1n) is 8.25. The highest BCUT2D eigenvalue weighted by Gasteiger charge is 2.50. The van der Waals surface area contributed by atoms with E-state index in [1.54, 1.807) is 6.07 Å². The van der Waals surface area contributed by atoms with Crippen LogP contribution in [0.4, 0.5) is 4.39 Å². The van der Waals surface area contributed by atoms with E-state index in [9.17, 15) is 9.65 Å². The Morgan fingerprint density at radius 3 is 3.00 bits per heavy atom. The van der Waals surface area contributed by atoms with Gasteiger partial charge in [0.1, 0.15) is 17.5 Å². The third-order valence-corrected chi connectivity index (χ3v) is 5.90. The molecule has 0 amide bonds. The molecule has 0 bridgehead atoms. The normalized spacial score (nSPS) is 28.1. The predicted molar refractivity (Wildman–Crippen MR) is 94.9 cm³/mol. The van der Waals surface area contributed by atoms with Gasteiger partial charge < -0.3 is 15.0 Å². The number of halogens is 1. The van der Waals surface area contributed by atoms with Crippen molar-refractivity contribution in [2.45, 2.75) is 25.0 Å². The van der Waals surface area contributed by atoms with E-state index >= 15 is 0 Å². The van der Waals surface area contributed by atoms with Crippen molar-refractivity contribution in [2.75, 3.05) is 12.4 Å². The number of fused-ring (bicyclic) bond motifs is 1. The fraction of sp³-hybridized carbons (Fsp3) is 0.389. The largest absolute Gasteiger partial charge is 0.379 e. The summed E-state index contributed by atoms with van der Waals surface area (Å²) in [5, 5.41) is 13.5. The van der Waals surface area contributed by atoms with Crippen molar-refractivity contribution >= 4 is 16.9 Å². The first-order valence-corrected chi connectivity index (χ1v) is 9.23. The molecule has 134 valence electrons. The van der Waals surface area contributed by atoms with E-state index in [0.29, 0.717) is 34.2 Å². The molecule has 2 aromatic rings. The van der Waals surface area contributed by atoms with Gasteiger partial charge in [0, 0.05) is 23.3 Å². The van der Waals surface area contributed by atoms with Crippen LogP contribution in [0, 0.1) is 30.0 Å². The van der Waals surface area contributed by atoms with Crippen molar-refractivity contribution in [3.05, 3.63) is 52.7 Å². The zero-order valence-electron chi connectivity index (χ0n) is 14.1. The van der Waals surface area contributed by atoms with Crippen LogP contribution in [0.15, 0.2) is 33.8 Å². The molecule has 3 heterocycles. The lowest BCUT2D eigenvalue weighted by Crippen LogP contribution is -2.48. The average molecular weight is 372 g/mol. The summed E-state index contributed by atoms with van der Waals surface area (Å²) >= 11 is 1.45. The lowest BCUT2D eigenvalue weighted by molar-refractivity contribution is -0.0692. The predicted octanol–water partition coefficient (Wildman–Crippen LogP) is 3.03. The van der Waals surface area contributed by atoms with Crippen LogP contribution < -0.4 is 5.73 Å². The Kier molecular flexibility index (Phi) is 4.21. The van der Waals surface area contributed by atoms with Crippen LogP contribution in [0.1, 0.15) is 35.1 Å². The van der Waals surface area contributed by atoms with E-state index < -0.39 is 11.4 Å². The number of thioether (sulfide) groups is 1. The second-order valence-corrected chi connectivity index (χ2v) is 7.63. The van der Waals surface area contributed by atoms with E-state index in [4.69, 9.17) is 15.0 Å². The summed E-state index contributed by atoms with van der Waals surface area (Å²) in [7, 11) is 0. The molecule has 1 aromatic carbocycles. The van der Waals surface area contributed by atoms with Gasteiger partial charge in [-0.1, -0.05) is 16.9 Å². The number of aliphatic imine (C=N–C) groups is 1. The van der Waals surface area contributed by atoms with Crippen LogP contribution in [-0.2, 0) is 10.3 Å². The number of ether oxygens (including phenoxy) is 1. The van der Waals surface area contributed by atoms with Crippen LogP contribution in [-0.4, -0.2) is 22.7 Å². The maximum atomic E-state index is 14.7. The van der Waals surface area contributed by atoms with Gasteiger partial charge in [-0.3, -0.25) is 0 Å². The number of nitriles is 1. The molecule has 2 N–H and O–H groups in total. The Bertz CT molecular complexity index is 922. The van der Waals surface area contributed by atoms with E-state index in [-0.39, 0.29) is 18.6 Å². The molecule has 0 spiro atoms. The summed E-state index contributed by atoms with van der Waals surface area (Å²) in [6.07, 6.45) is 0.348. The first kappa shape index (κ1) is 17.1. The van der Waals surface area contributed by atoms with Gasteiger partial charge in [-0.2, -0.15) is 5.26 Å². The minimum absolute atomic E-state index is 0.00704. The van der Waals surface area contributed by atoms with Gasteiger partial charge in [-0.25, -0.2) is 9.38 Å². The molecule has 2 aliphatic heterocycles. The summed E-state index contributed by atoms with van der Waals surface area (Å²) in [5.41, 5.74) is 6.57. The van der Waals surface area contributed by atoms with Gasteiger partial charge in [0.05, 0.1) is 23.9 Å². The summed E-state index contributed by atoms with van der Waals surface area (Å²) < 4.78 is 26.1. The highest BCUT2D eigenvalue weighted by molar-refractivity contribution is 8.13. The monoisotopic (exact) mass is 372 g/mol. The molecule has 1 aromatic heterocycles. The molecule has 0 aliphatic carbocycles. The standard InChI is InChI=1S/C18H17FN4O2S/c1-10-4-16(25-23-10)15-6-12-8-26-17(21)22-18(12,9-24-15)13-5-11(7-20)2-3-14(13)19/h2-5,12,15H,6,8-9H2,1H3,(H2,21,22)/t12-,15+,18?/m0/s1. The van der Waals surface area contributed by atoms with Crippen LogP contribution >= 0.6 is 11.8 Å². The topological polar surface area (TPSA) is 97.4 Å². The van der Waals surface area contributed by atoms with Crippen LogP contribution in [0.25, 0.3) is 0 Å². The maximum Gasteiger partial charge on any atom is 0.165 e. The number of benzene rings is 1. The zero-order valence-corrected chi connectivity index (χ0v) is 14.9. The molecule has 4 rings (SSSR count). The summed E-state index contributed by atoms with van der Waals surface area (Å²) in [5.74, 6) is 0.940. The van der Waals surface area contributed by atoms with Crippen molar-refractivity contribution in [1.29, 1.82) is 5.26 Å². The molecule has 6 nitrogen and oxygen atoms in total. The molecule has 0 radical (unpaired) electrons. The summed E-state index contributed by atoms with van der Waals surface area (Å²) in [4.78, 5) is 4.61. The van der Waals surface area contributed by atoms with Gasteiger partial charge in [-0.05, 0) is 31.5 Å². The molecule has 3 atom stereocenters. The Labute approximate surface area is 154 Å². The number of nitrogens with two attached hydrogens (primary N) is 1. The first-order chi connectivity index (χ1) is 12.5. The van der Waals surface area contributed by atoms with Crippen molar-refractivity contribution in [1.82, 2.24) is 5.16 Å². The second kappa shape index (κ2) is 6.41. The Morgan fingerprint density at radius 2 is 2.27 bits per heavy atom. The van der Waals surface area contributed by atoms with Gasteiger partial charge in [-0.15, -0.1) is 0 Å². The van der Waals surface area contributed by atoms with Gasteiger partial charge in [0.2, 0.25) is 0 Å². The molecular formula is C18H17FN4O2S. The number of nitrogens with zero attached hydrogens (tertiary/aromatic N) is 3. The minimum Gasteiger partial charge on any atom is -0.379 e. The second-order valence-electron chi connectivity index (χ2n) is 6.59. The smallest absolute Gasteiger partial charge is 0.165 e. The van der Waals surface area contributed by atoms with Crippen molar-refractivity contribution in [3.63, 3.8) is 0 Å². The SMILES string of the molecule is Cc1cc([C@H]2C[C@H]3CSC(N)=NC3(c3cc(C#N)ccc3F)CO2)on1. The molecule has 1 saturated heterocycles. The van der Waals surface area contributed by atoms with Gasteiger partial charge in [0.25, 0.3) is 0 Å². The lowest BCUT2D eigenvalue weighted by atomic mass is 9.74. The molecule has 26 heavy (non-hydrogen) atoms. The zero-order chi connectivity index (χ0) is 18.3. The maximum absolute atomic E-state index is 14.7.